The van der Waals surface area contributed by atoms with E-state index in [1.165, 1.54) is 0 Å². The minimum absolute atomic E-state index is 0. The van der Waals surface area contributed by atoms with Crippen LogP contribution < -0.4 is 10.0 Å². The average molecular weight is 353 g/mol. The van der Waals surface area contributed by atoms with E-state index in [4.69, 9.17) is 0 Å². The fourth-order valence-corrected chi connectivity index (χ4v) is 4.05. The van der Waals surface area contributed by atoms with Gasteiger partial charge in [0.25, 0.3) is 0 Å². The lowest BCUT2D eigenvalue weighted by molar-refractivity contribution is 0.427. The Bertz CT molecular complexity index is 729. The second-order valence-electron chi connectivity index (χ2n) is 5.54. The molecule has 0 bridgehead atoms. The van der Waals surface area contributed by atoms with Gasteiger partial charge in [-0.25, -0.2) is 13.1 Å². The Morgan fingerprint density at radius 3 is 2.26 bits per heavy atom. The van der Waals surface area contributed by atoms with Crippen LogP contribution in [0.5, 0.6) is 0 Å². The maximum absolute atomic E-state index is 12.6. The third-order valence-electron chi connectivity index (χ3n) is 3.91. The van der Waals surface area contributed by atoms with Gasteiger partial charge >= 0.3 is 0 Å². The molecule has 1 fully saturated rings. The van der Waals surface area contributed by atoms with E-state index in [1.807, 2.05) is 36.4 Å². The van der Waals surface area contributed by atoms with Gasteiger partial charge in [-0.2, -0.15) is 0 Å². The van der Waals surface area contributed by atoms with E-state index in [-0.39, 0.29) is 18.4 Å². The number of hydrogen-bond acceptors (Lipinski definition) is 3. The van der Waals surface area contributed by atoms with E-state index >= 15 is 0 Å². The smallest absolute Gasteiger partial charge is 0.240 e. The highest BCUT2D eigenvalue weighted by Crippen LogP contribution is 2.22. The van der Waals surface area contributed by atoms with E-state index < -0.39 is 10.0 Å². The van der Waals surface area contributed by atoms with Gasteiger partial charge in [0.05, 0.1) is 4.90 Å². The van der Waals surface area contributed by atoms with E-state index in [1.54, 1.807) is 18.2 Å². The number of rotatable bonds is 4. The zero-order chi connectivity index (χ0) is 15.4. The number of sulfonamides is 1. The van der Waals surface area contributed by atoms with Gasteiger partial charge in [-0.3, -0.25) is 0 Å². The quantitative estimate of drug-likeness (QED) is 0.889. The lowest BCUT2D eigenvalue weighted by Gasteiger charge is -2.23. The zero-order valence-electron chi connectivity index (χ0n) is 12.7. The summed E-state index contributed by atoms with van der Waals surface area (Å²) in [6.45, 7) is 1.72. The van der Waals surface area contributed by atoms with Crippen LogP contribution in [-0.4, -0.2) is 27.5 Å². The van der Waals surface area contributed by atoms with E-state index in [9.17, 15) is 8.42 Å². The van der Waals surface area contributed by atoms with Crippen molar-refractivity contribution in [1.82, 2.24) is 10.0 Å². The Morgan fingerprint density at radius 1 is 0.913 bits per heavy atom. The standard InChI is InChI=1S/C17H20N2O2S.ClH/c20-22(21,19-16-9-11-18-12-10-16)17-8-4-7-15(13-17)14-5-2-1-3-6-14;/h1-8,13,16,18-19H,9-12H2;1H. The number of halogens is 1. The molecule has 3 rings (SSSR count). The zero-order valence-corrected chi connectivity index (χ0v) is 14.4. The average Bonchev–Trinajstić information content (AvgIpc) is 2.56. The Labute approximate surface area is 143 Å². The van der Waals surface area contributed by atoms with E-state index in [0.717, 1.165) is 37.1 Å². The highest BCUT2D eigenvalue weighted by atomic mass is 35.5. The first-order valence-corrected chi connectivity index (χ1v) is 9.02. The minimum Gasteiger partial charge on any atom is -0.317 e. The fraction of sp³-hybridized carbons (Fsp3) is 0.294. The minimum atomic E-state index is -3.47. The molecule has 23 heavy (non-hydrogen) atoms. The highest BCUT2D eigenvalue weighted by molar-refractivity contribution is 7.89. The Balaban J connectivity index is 0.00000192. The molecule has 1 aliphatic heterocycles. The Kier molecular flexibility index (Phi) is 6.18. The van der Waals surface area contributed by atoms with Crippen LogP contribution in [0.25, 0.3) is 11.1 Å². The summed E-state index contributed by atoms with van der Waals surface area (Å²) in [7, 11) is -3.47. The van der Waals surface area contributed by atoms with Crippen LogP contribution in [0, 0.1) is 0 Å². The monoisotopic (exact) mass is 352 g/mol. The summed E-state index contributed by atoms with van der Waals surface area (Å²) in [5.74, 6) is 0. The van der Waals surface area contributed by atoms with Crippen LogP contribution in [0.3, 0.4) is 0 Å². The molecule has 0 saturated carbocycles. The molecule has 2 aromatic carbocycles. The van der Waals surface area contributed by atoms with Gasteiger partial charge in [-0.1, -0.05) is 42.5 Å². The first-order chi connectivity index (χ1) is 10.6. The van der Waals surface area contributed by atoms with Crippen molar-refractivity contribution in [3.63, 3.8) is 0 Å². The molecule has 1 aliphatic rings. The first-order valence-electron chi connectivity index (χ1n) is 7.54. The maximum atomic E-state index is 12.6. The maximum Gasteiger partial charge on any atom is 0.240 e. The van der Waals surface area contributed by atoms with Crippen molar-refractivity contribution < 1.29 is 8.42 Å². The molecule has 0 spiro atoms. The molecule has 0 unspecified atom stereocenters. The van der Waals surface area contributed by atoms with E-state index in [0.29, 0.717) is 4.90 Å². The summed E-state index contributed by atoms with van der Waals surface area (Å²) >= 11 is 0. The molecule has 4 nitrogen and oxygen atoms in total. The van der Waals surface area contributed by atoms with Crippen molar-refractivity contribution in [3.05, 3.63) is 54.6 Å². The van der Waals surface area contributed by atoms with Gasteiger partial charge in [0.15, 0.2) is 0 Å². The highest BCUT2D eigenvalue weighted by Gasteiger charge is 2.21. The Morgan fingerprint density at radius 2 is 1.57 bits per heavy atom. The molecule has 0 aliphatic carbocycles. The van der Waals surface area contributed by atoms with Crippen molar-refractivity contribution in [1.29, 1.82) is 0 Å². The van der Waals surface area contributed by atoms with Crippen LogP contribution in [0.15, 0.2) is 59.5 Å². The largest absolute Gasteiger partial charge is 0.317 e. The third kappa shape index (κ3) is 4.54. The van der Waals surface area contributed by atoms with Gasteiger partial charge in [0.2, 0.25) is 10.0 Å². The van der Waals surface area contributed by atoms with Gasteiger partial charge < -0.3 is 5.32 Å². The van der Waals surface area contributed by atoms with Crippen molar-refractivity contribution in [2.24, 2.45) is 0 Å². The molecule has 6 heteroatoms. The first kappa shape index (κ1) is 17.9. The molecule has 0 amide bonds. The van der Waals surface area contributed by atoms with Crippen molar-refractivity contribution in [2.45, 2.75) is 23.8 Å². The second kappa shape index (κ2) is 7.93. The fourth-order valence-electron chi connectivity index (χ4n) is 2.70. The Hall–Kier alpha value is -1.40. The molecular formula is C17H21ClN2O2S. The van der Waals surface area contributed by atoms with Crippen LogP contribution >= 0.6 is 12.4 Å². The van der Waals surface area contributed by atoms with Crippen LogP contribution in [-0.2, 0) is 10.0 Å². The molecule has 2 aromatic rings. The van der Waals surface area contributed by atoms with Crippen molar-refractivity contribution in [3.8, 4) is 11.1 Å². The molecule has 1 saturated heterocycles. The molecule has 1 heterocycles. The number of benzene rings is 2. The summed E-state index contributed by atoms with van der Waals surface area (Å²) in [5, 5.41) is 3.24. The SMILES string of the molecule is Cl.O=S(=O)(NC1CCNCC1)c1cccc(-c2ccccc2)c1. The lowest BCUT2D eigenvalue weighted by atomic mass is 10.1. The van der Waals surface area contributed by atoms with Crippen molar-refractivity contribution in [2.75, 3.05) is 13.1 Å². The molecule has 2 N–H and O–H groups in total. The van der Waals surface area contributed by atoms with Crippen molar-refractivity contribution >= 4 is 22.4 Å². The van der Waals surface area contributed by atoms with Gasteiger partial charge in [-0.15, -0.1) is 12.4 Å². The second-order valence-corrected chi connectivity index (χ2v) is 7.25. The van der Waals surface area contributed by atoms with Crippen LogP contribution in [0.2, 0.25) is 0 Å². The summed E-state index contributed by atoms with van der Waals surface area (Å²) < 4.78 is 27.9. The molecule has 124 valence electrons. The van der Waals surface area contributed by atoms with Gasteiger partial charge in [0.1, 0.15) is 0 Å². The summed E-state index contributed by atoms with van der Waals surface area (Å²) in [5.41, 5.74) is 1.93. The predicted molar refractivity (Wildman–Crippen MR) is 95.3 cm³/mol. The summed E-state index contributed by atoms with van der Waals surface area (Å²) in [4.78, 5) is 0.326. The summed E-state index contributed by atoms with van der Waals surface area (Å²) in [6.07, 6.45) is 1.66. The van der Waals surface area contributed by atoms with Gasteiger partial charge in [0, 0.05) is 6.04 Å². The number of hydrogen-bond donors (Lipinski definition) is 2. The molecular weight excluding hydrogens is 332 g/mol. The van der Waals surface area contributed by atoms with Crippen LogP contribution in [0.4, 0.5) is 0 Å². The normalized spacial score (nSPS) is 15.8. The summed E-state index contributed by atoms with van der Waals surface area (Å²) in [6, 6.07) is 16.9. The predicted octanol–water partition coefficient (Wildman–Crippen LogP) is 2.81. The molecule has 0 radical (unpaired) electrons. The topological polar surface area (TPSA) is 58.2 Å². The van der Waals surface area contributed by atoms with Gasteiger partial charge in [-0.05, 0) is 49.2 Å². The molecule has 0 atom stereocenters. The number of nitrogens with one attached hydrogen (secondary N) is 2. The number of piperidine rings is 1. The van der Waals surface area contributed by atoms with Crippen LogP contribution in [0.1, 0.15) is 12.8 Å². The van der Waals surface area contributed by atoms with E-state index in [2.05, 4.69) is 10.0 Å². The lowest BCUT2D eigenvalue weighted by Crippen LogP contribution is -2.42. The molecule has 0 aromatic heterocycles. The third-order valence-corrected chi connectivity index (χ3v) is 5.43.